The first-order valence-corrected chi connectivity index (χ1v) is 12.2. The summed E-state index contributed by atoms with van der Waals surface area (Å²) in [6.07, 6.45) is -11.1. The Balaban J connectivity index is 2.39. The summed E-state index contributed by atoms with van der Waals surface area (Å²) in [5.74, 6) is -11.9. The van der Waals surface area contributed by atoms with Gasteiger partial charge in [0.05, 0.1) is 10.6 Å². The Kier molecular flexibility index (Phi) is 7.88. The third-order valence-electron chi connectivity index (χ3n) is 5.45. The average Bonchev–Trinajstić information content (AvgIpc) is 2.80. The second kappa shape index (κ2) is 9.95. The SMILES string of the molecule is NC(=O)c1ccc2c(c1)N(c1c(I)cc(C(F)(C(F)(F)F)C(F)(F)C(F)(F)F)cc1S(=O)C(F)F)CC=C2. The lowest BCUT2D eigenvalue weighted by atomic mass is 9.87. The van der Waals surface area contributed by atoms with Gasteiger partial charge in [0.1, 0.15) is 10.8 Å². The van der Waals surface area contributed by atoms with Crippen molar-refractivity contribution in [3.63, 3.8) is 0 Å². The summed E-state index contributed by atoms with van der Waals surface area (Å²) in [6, 6.07) is 3.41. The van der Waals surface area contributed by atoms with E-state index in [1.54, 1.807) is 0 Å². The van der Waals surface area contributed by atoms with Crippen LogP contribution in [0.4, 0.5) is 59.7 Å². The van der Waals surface area contributed by atoms with Crippen LogP contribution >= 0.6 is 22.6 Å². The highest BCUT2D eigenvalue weighted by atomic mass is 127. The van der Waals surface area contributed by atoms with Gasteiger partial charge in [0.2, 0.25) is 5.91 Å². The maximum atomic E-state index is 15.1. The largest absolute Gasteiger partial charge is 0.457 e. The number of benzene rings is 2. The fourth-order valence-electron chi connectivity index (χ4n) is 3.67. The molecule has 0 saturated heterocycles. The van der Waals surface area contributed by atoms with Crippen molar-refractivity contribution in [1.29, 1.82) is 0 Å². The first-order valence-electron chi connectivity index (χ1n) is 9.86. The monoisotopic (exact) mass is 692 g/mol. The maximum absolute atomic E-state index is 15.1. The van der Waals surface area contributed by atoms with Crippen molar-refractivity contribution in [2.45, 2.75) is 34.6 Å². The van der Waals surface area contributed by atoms with Gasteiger partial charge < -0.3 is 10.6 Å². The molecule has 0 aliphatic carbocycles. The molecular weight excluding hydrogens is 680 g/mol. The lowest BCUT2D eigenvalue weighted by Gasteiger charge is -2.37. The molecule has 38 heavy (non-hydrogen) atoms. The van der Waals surface area contributed by atoms with Crippen LogP contribution in [0.1, 0.15) is 21.5 Å². The van der Waals surface area contributed by atoms with E-state index in [0.29, 0.717) is 5.56 Å². The fourth-order valence-corrected chi connectivity index (χ4v) is 5.62. The number of fused-ring (bicyclic) bond motifs is 1. The summed E-state index contributed by atoms with van der Waals surface area (Å²) in [5, 5.41) is 0. The molecule has 0 saturated carbocycles. The molecule has 2 aromatic rings. The maximum Gasteiger partial charge on any atom is 0.457 e. The molecule has 0 radical (unpaired) electrons. The molecule has 1 amide bonds. The number of nitrogens with zero attached hydrogens (tertiary/aromatic N) is 1. The Morgan fingerprint density at radius 1 is 0.974 bits per heavy atom. The van der Waals surface area contributed by atoms with Crippen LogP contribution in [-0.2, 0) is 16.5 Å². The van der Waals surface area contributed by atoms with Crippen LogP contribution in [0.25, 0.3) is 6.08 Å². The quantitative estimate of drug-likeness (QED) is 0.268. The van der Waals surface area contributed by atoms with Crippen molar-refractivity contribution in [1.82, 2.24) is 0 Å². The summed E-state index contributed by atoms with van der Waals surface area (Å²) >= 11 is 1.11. The van der Waals surface area contributed by atoms with Crippen LogP contribution < -0.4 is 10.6 Å². The Bertz CT molecular complexity index is 1330. The highest BCUT2D eigenvalue weighted by molar-refractivity contribution is 14.1. The predicted octanol–water partition coefficient (Wildman–Crippen LogP) is 6.81. The van der Waals surface area contributed by atoms with Crippen molar-refractivity contribution in [3.05, 3.63) is 56.7 Å². The third kappa shape index (κ3) is 4.86. The number of alkyl halides is 11. The van der Waals surface area contributed by atoms with Crippen LogP contribution in [-0.4, -0.2) is 40.7 Å². The molecule has 0 bridgehead atoms. The topological polar surface area (TPSA) is 63.4 Å². The summed E-state index contributed by atoms with van der Waals surface area (Å²) in [7, 11) is -3.63. The van der Waals surface area contributed by atoms with E-state index in [0.717, 1.165) is 33.6 Å². The van der Waals surface area contributed by atoms with E-state index in [1.165, 1.54) is 24.3 Å². The molecule has 2 N–H and O–H groups in total. The molecule has 2 unspecified atom stereocenters. The standard InChI is InChI=1S/C21H12F11IN2O2S/c22-17(23)38(37)14-8-11(18(24,20(27,28)29)19(25,26)21(30,31)32)7-12(33)15(14)35-5-1-2-9-3-4-10(16(34)36)6-13(9)35/h1-4,6-8,17H,5H2,(H2,34,36). The van der Waals surface area contributed by atoms with Crippen molar-refractivity contribution >= 4 is 56.7 Å². The van der Waals surface area contributed by atoms with Gasteiger partial charge in [-0.3, -0.25) is 4.79 Å². The molecule has 3 rings (SSSR count). The second-order valence-electron chi connectivity index (χ2n) is 7.74. The highest BCUT2D eigenvalue weighted by Gasteiger charge is 2.81. The van der Waals surface area contributed by atoms with Crippen molar-refractivity contribution in [3.8, 4) is 0 Å². The van der Waals surface area contributed by atoms with Crippen LogP contribution in [0.15, 0.2) is 41.3 Å². The van der Waals surface area contributed by atoms with Gasteiger partial charge in [-0.15, -0.1) is 0 Å². The smallest absolute Gasteiger partial charge is 0.366 e. The van der Waals surface area contributed by atoms with E-state index in [2.05, 4.69) is 0 Å². The zero-order chi connectivity index (χ0) is 29.0. The molecule has 17 heteroatoms. The van der Waals surface area contributed by atoms with Crippen molar-refractivity contribution in [2.75, 3.05) is 11.4 Å². The Labute approximate surface area is 222 Å². The number of anilines is 2. The summed E-state index contributed by atoms with van der Waals surface area (Å²) in [4.78, 5) is 11.3. The average molecular weight is 692 g/mol. The van der Waals surface area contributed by atoms with E-state index in [4.69, 9.17) is 5.73 Å². The minimum absolute atomic E-state index is 0.0185. The van der Waals surface area contributed by atoms with Gasteiger partial charge >= 0.3 is 29.7 Å². The van der Waals surface area contributed by atoms with Gasteiger partial charge in [0.25, 0.3) is 0 Å². The number of rotatable bonds is 6. The summed E-state index contributed by atoms with van der Waals surface area (Å²) < 4.78 is 161. The molecule has 0 aromatic heterocycles. The van der Waals surface area contributed by atoms with Crippen molar-refractivity contribution < 1.29 is 57.3 Å². The number of carbonyl (C=O) groups excluding carboxylic acids is 1. The van der Waals surface area contributed by atoms with E-state index in [1.807, 2.05) is 0 Å². The zero-order valence-electron chi connectivity index (χ0n) is 18.1. The van der Waals surface area contributed by atoms with Gasteiger partial charge in [-0.1, -0.05) is 18.2 Å². The van der Waals surface area contributed by atoms with Crippen molar-refractivity contribution in [2.24, 2.45) is 5.73 Å². The van der Waals surface area contributed by atoms with Crippen LogP contribution in [0.2, 0.25) is 0 Å². The molecule has 0 fully saturated rings. The van der Waals surface area contributed by atoms with Crippen LogP contribution in [0.3, 0.4) is 0 Å². The normalized spacial score (nSPS) is 16.8. The molecule has 1 aliphatic heterocycles. The minimum Gasteiger partial charge on any atom is -0.366 e. The van der Waals surface area contributed by atoms with E-state index in [-0.39, 0.29) is 29.9 Å². The van der Waals surface area contributed by atoms with Gasteiger partial charge in [0.15, 0.2) is 0 Å². The van der Waals surface area contributed by atoms with Gasteiger partial charge in [0, 0.05) is 26.9 Å². The Morgan fingerprint density at radius 3 is 2.08 bits per heavy atom. The minimum atomic E-state index is -7.07. The van der Waals surface area contributed by atoms with E-state index >= 15 is 4.39 Å². The molecule has 1 heterocycles. The third-order valence-corrected chi connectivity index (χ3v) is 7.34. The van der Waals surface area contributed by atoms with Gasteiger partial charge in [-0.2, -0.15) is 43.9 Å². The highest BCUT2D eigenvalue weighted by Crippen LogP contribution is 2.59. The molecule has 4 nitrogen and oxygen atoms in total. The number of nitrogens with two attached hydrogens (primary N) is 1. The number of hydrogen-bond donors (Lipinski definition) is 1. The first-order chi connectivity index (χ1) is 17.3. The van der Waals surface area contributed by atoms with Crippen LogP contribution in [0, 0.1) is 3.57 Å². The molecule has 208 valence electrons. The second-order valence-corrected chi connectivity index (χ2v) is 10.3. The van der Waals surface area contributed by atoms with Gasteiger partial charge in [-0.25, -0.2) is 8.60 Å². The summed E-state index contributed by atoms with van der Waals surface area (Å²) in [5.41, 5.74) is -3.99. The Morgan fingerprint density at radius 2 is 1.58 bits per heavy atom. The lowest BCUT2D eigenvalue weighted by molar-refractivity contribution is -0.389. The number of halogens is 12. The molecule has 1 aliphatic rings. The summed E-state index contributed by atoms with van der Waals surface area (Å²) in [6.45, 7) is -0.267. The fraction of sp³-hybridized carbons (Fsp3) is 0.286. The number of primary amides is 1. The van der Waals surface area contributed by atoms with Crippen LogP contribution in [0.5, 0.6) is 0 Å². The zero-order valence-corrected chi connectivity index (χ0v) is 21.1. The molecule has 2 aromatic carbocycles. The van der Waals surface area contributed by atoms with E-state index < -0.39 is 66.1 Å². The molecule has 2 atom stereocenters. The first kappa shape index (κ1) is 30.1. The van der Waals surface area contributed by atoms with E-state index in [9.17, 15) is 52.9 Å². The molecular formula is C21H12F11IN2O2S. The number of hydrogen-bond acceptors (Lipinski definition) is 3. The number of carbonyl (C=O) groups is 1. The molecule has 0 spiro atoms. The predicted molar refractivity (Wildman–Crippen MR) is 122 cm³/mol. The lowest BCUT2D eigenvalue weighted by Crippen LogP contribution is -2.59. The van der Waals surface area contributed by atoms with Gasteiger partial charge in [-0.05, 0) is 52.4 Å². The Hall–Kier alpha value is -2.44. The number of amides is 1.